The second-order valence-corrected chi connectivity index (χ2v) is 5.87. The van der Waals surface area contributed by atoms with Crippen LogP contribution in [0.2, 0.25) is 0 Å². The monoisotopic (exact) mass is 197 g/mol. The minimum absolute atomic E-state index is 0.346. The summed E-state index contributed by atoms with van der Waals surface area (Å²) in [5, 5.41) is 0. The average molecular weight is 197 g/mol. The highest BCUT2D eigenvalue weighted by atomic mass is 16.5. The Morgan fingerprint density at radius 3 is 2.36 bits per heavy atom. The van der Waals surface area contributed by atoms with Crippen molar-refractivity contribution in [1.29, 1.82) is 0 Å². The summed E-state index contributed by atoms with van der Waals surface area (Å²) in [4.78, 5) is 0. The fourth-order valence-electron chi connectivity index (χ4n) is 3.06. The van der Waals surface area contributed by atoms with Crippen LogP contribution < -0.4 is 5.73 Å². The van der Waals surface area contributed by atoms with Crippen LogP contribution in [0.1, 0.15) is 46.0 Å². The fourth-order valence-corrected chi connectivity index (χ4v) is 3.06. The van der Waals surface area contributed by atoms with Gasteiger partial charge in [0, 0.05) is 18.6 Å². The Morgan fingerprint density at radius 1 is 1.14 bits per heavy atom. The van der Waals surface area contributed by atoms with Crippen molar-refractivity contribution < 1.29 is 4.74 Å². The van der Waals surface area contributed by atoms with E-state index in [1.807, 2.05) is 0 Å². The van der Waals surface area contributed by atoms with Crippen LogP contribution in [-0.2, 0) is 4.74 Å². The van der Waals surface area contributed by atoms with Crippen LogP contribution in [0.3, 0.4) is 0 Å². The SMILES string of the molecule is CC1(C)CCC2(CCOC2CN)CC1. The van der Waals surface area contributed by atoms with Gasteiger partial charge in [0.2, 0.25) is 0 Å². The van der Waals surface area contributed by atoms with E-state index in [0.29, 0.717) is 23.5 Å². The molecule has 2 fully saturated rings. The maximum absolute atomic E-state index is 5.78. The van der Waals surface area contributed by atoms with Gasteiger partial charge in [-0.15, -0.1) is 0 Å². The first-order valence-electron chi connectivity index (χ1n) is 5.90. The van der Waals surface area contributed by atoms with Gasteiger partial charge in [-0.2, -0.15) is 0 Å². The first kappa shape index (κ1) is 10.4. The normalized spacial score (nSPS) is 34.9. The predicted octanol–water partition coefficient (Wildman–Crippen LogP) is 2.32. The molecule has 2 N–H and O–H groups in total. The third-order valence-electron chi connectivity index (χ3n) is 4.42. The maximum Gasteiger partial charge on any atom is 0.0754 e. The van der Waals surface area contributed by atoms with E-state index in [1.54, 1.807) is 0 Å². The van der Waals surface area contributed by atoms with Gasteiger partial charge < -0.3 is 10.5 Å². The summed E-state index contributed by atoms with van der Waals surface area (Å²) < 4.78 is 5.74. The van der Waals surface area contributed by atoms with E-state index in [1.165, 1.54) is 32.1 Å². The molecule has 14 heavy (non-hydrogen) atoms. The molecule has 2 heteroatoms. The molecule has 1 spiro atoms. The summed E-state index contributed by atoms with van der Waals surface area (Å²) in [6, 6.07) is 0. The predicted molar refractivity (Wildman–Crippen MR) is 58.1 cm³/mol. The van der Waals surface area contributed by atoms with Gasteiger partial charge in [0.15, 0.2) is 0 Å². The molecule has 0 bridgehead atoms. The Bertz CT molecular complexity index is 202. The van der Waals surface area contributed by atoms with Crippen LogP contribution >= 0.6 is 0 Å². The molecule has 1 aliphatic heterocycles. The molecule has 1 unspecified atom stereocenters. The van der Waals surface area contributed by atoms with E-state index in [9.17, 15) is 0 Å². The highest BCUT2D eigenvalue weighted by Crippen LogP contribution is 2.51. The van der Waals surface area contributed by atoms with Crippen molar-refractivity contribution in [3.63, 3.8) is 0 Å². The van der Waals surface area contributed by atoms with Gasteiger partial charge in [0.25, 0.3) is 0 Å². The van der Waals surface area contributed by atoms with Crippen molar-refractivity contribution in [2.75, 3.05) is 13.2 Å². The van der Waals surface area contributed by atoms with Crippen LogP contribution in [0.5, 0.6) is 0 Å². The van der Waals surface area contributed by atoms with E-state index in [4.69, 9.17) is 10.5 Å². The van der Waals surface area contributed by atoms with Crippen LogP contribution in [0.25, 0.3) is 0 Å². The van der Waals surface area contributed by atoms with Crippen LogP contribution in [0, 0.1) is 10.8 Å². The van der Waals surface area contributed by atoms with Gasteiger partial charge in [0.1, 0.15) is 0 Å². The number of ether oxygens (including phenoxy) is 1. The van der Waals surface area contributed by atoms with E-state index >= 15 is 0 Å². The zero-order chi connectivity index (χ0) is 10.2. The maximum atomic E-state index is 5.78. The highest BCUT2D eigenvalue weighted by molar-refractivity contribution is 4.97. The molecule has 1 heterocycles. The van der Waals surface area contributed by atoms with Crippen molar-refractivity contribution in [2.24, 2.45) is 16.6 Å². The molecule has 0 aromatic carbocycles. The summed E-state index contributed by atoms with van der Waals surface area (Å²) in [5.74, 6) is 0. The van der Waals surface area contributed by atoms with Gasteiger partial charge in [-0.1, -0.05) is 13.8 Å². The van der Waals surface area contributed by atoms with Gasteiger partial charge in [0.05, 0.1) is 6.10 Å². The molecule has 1 atom stereocenters. The van der Waals surface area contributed by atoms with E-state index in [-0.39, 0.29) is 0 Å². The first-order chi connectivity index (χ1) is 6.58. The molecular formula is C12H23NO. The molecule has 1 aliphatic carbocycles. The molecule has 0 aromatic heterocycles. The Hall–Kier alpha value is -0.0800. The standard InChI is InChI=1S/C12H23NO/c1-11(2)3-5-12(6-4-11)7-8-14-10(12)9-13/h10H,3-9,13H2,1-2H3. The summed E-state index contributed by atoms with van der Waals surface area (Å²) in [6.07, 6.45) is 6.91. The summed E-state index contributed by atoms with van der Waals surface area (Å²) >= 11 is 0. The Kier molecular flexibility index (Phi) is 2.61. The van der Waals surface area contributed by atoms with Gasteiger partial charge in [-0.25, -0.2) is 0 Å². The zero-order valence-electron chi connectivity index (χ0n) is 9.51. The average Bonchev–Trinajstić information content (AvgIpc) is 2.54. The van der Waals surface area contributed by atoms with Crippen LogP contribution in [-0.4, -0.2) is 19.3 Å². The van der Waals surface area contributed by atoms with Gasteiger partial charge in [-0.3, -0.25) is 0 Å². The Labute approximate surface area is 87.2 Å². The van der Waals surface area contributed by atoms with E-state index < -0.39 is 0 Å². The molecular weight excluding hydrogens is 174 g/mol. The molecule has 0 radical (unpaired) electrons. The topological polar surface area (TPSA) is 35.2 Å². The first-order valence-corrected chi connectivity index (χ1v) is 5.90. The largest absolute Gasteiger partial charge is 0.376 e. The molecule has 82 valence electrons. The smallest absolute Gasteiger partial charge is 0.0754 e. The Morgan fingerprint density at radius 2 is 1.79 bits per heavy atom. The van der Waals surface area contributed by atoms with Crippen molar-refractivity contribution >= 4 is 0 Å². The fraction of sp³-hybridized carbons (Fsp3) is 1.00. The minimum Gasteiger partial charge on any atom is -0.376 e. The lowest BCUT2D eigenvalue weighted by Crippen LogP contribution is -2.41. The third kappa shape index (κ3) is 1.70. The van der Waals surface area contributed by atoms with Crippen molar-refractivity contribution in [1.82, 2.24) is 0 Å². The highest BCUT2D eigenvalue weighted by Gasteiger charge is 2.46. The van der Waals surface area contributed by atoms with Gasteiger partial charge >= 0.3 is 0 Å². The summed E-state index contributed by atoms with van der Waals surface area (Å²) in [7, 11) is 0. The summed E-state index contributed by atoms with van der Waals surface area (Å²) in [6.45, 7) is 6.41. The molecule has 2 nitrogen and oxygen atoms in total. The quantitative estimate of drug-likeness (QED) is 0.700. The van der Waals surface area contributed by atoms with Crippen LogP contribution in [0.4, 0.5) is 0 Å². The van der Waals surface area contributed by atoms with Gasteiger partial charge in [-0.05, 0) is 37.5 Å². The molecule has 0 aromatic rings. The van der Waals surface area contributed by atoms with Crippen molar-refractivity contribution in [3.05, 3.63) is 0 Å². The van der Waals surface area contributed by atoms with Crippen molar-refractivity contribution in [3.8, 4) is 0 Å². The molecule has 1 saturated carbocycles. The van der Waals surface area contributed by atoms with E-state index in [0.717, 1.165) is 6.61 Å². The van der Waals surface area contributed by atoms with E-state index in [2.05, 4.69) is 13.8 Å². The lowest BCUT2D eigenvalue weighted by molar-refractivity contribution is 0.0115. The second kappa shape index (κ2) is 3.49. The van der Waals surface area contributed by atoms with Crippen molar-refractivity contribution in [2.45, 2.75) is 52.1 Å². The molecule has 2 aliphatic rings. The number of rotatable bonds is 1. The second-order valence-electron chi connectivity index (χ2n) is 5.87. The Balaban J connectivity index is 2.04. The number of nitrogens with two attached hydrogens (primary N) is 1. The zero-order valence-corrected chi connectivity index (χ0v) is 9.51. The number of hydrogen-bond acceptors (Lipinski definition) is 2. The minimum atomic E-state index is 0.346. The van der Waals surface area contributed by atoms with Crippen LogP contribution in [0.15, 0.2) is 0 Å². The third-order valence-corrected chi connectivity index (χ3v) is 4.42. The molecule has 2 rings (SSSR count). The lowest BCUT2D eigenvalue weighted by atomic mass is 9.62. The molecule has 0 amide bonds. The lowest BCUT2D eigenvalue weighted by Gasteiger charge is -2.43. The number of hydrogen-bond donors (Lipinski definition) is 1. The molecule has 1 saturated heterocycles. The summed E-state index contributed by atoms with van der Waals surface area (Å²) in [5.41, 5.74) is 6.78.